The van der Waals surface area contributed by atoms with Crippen LogP contribution in [0.2, 0.25) is 5.02 Å². The lowest BCUT2D eigenvalue weighted by molar-refractivity contribution is 0.109. The summed E-state index contributed by atoms with van der Waals surface area (Å²) in [5.41, 5.74) is 7.22. The average molecular weight is 296 g/mol. The first-order valence-corrected chi connectivity index (χ1v) is 7.81. The van der Waals surface area contributed by atoms with Crippen LogP contribution in [0.1, 0.15) is 44.1 Å². The summed E-state index contributed by atoms with van der Waals surface area (Å²) in [6.07, 6.45) is 7.25. The first-order valence-electron chi connectivity index (χ1n) is 7.43. The number of benzene rings is 1. The van der Waals surface area contributed by atoms with E-state index in [1.165, 1.54) is 12.8 Å². The van der Waals surface area contributed by atoms with Gasteiger partial charge in [0, 0.05) is 28.6 Å². The van der Waals surface area contributed by atoms with Crippen LogP contribution in [0.15, 0.2) is 12.1 Å². The highest BCUT2D eigenvalue weighted by Gasteiger charge is 2.41. The van der Waals surface area contributed by atoms with Crippen LogP contribution >= 0.6 is 11.6 Å². The first kappa shape index (κ1) is 14.0. The number of rotatable bonds is 5. The summed E-state index contributed by atoms with van der Waals surface area (Å²) in [5, 5.41) is 0.692. The quantitative estimate of drug-likeness (QED) is 0.901. The predicted molar refractivity (Wildman–Crippen MR) is 80.9 cm³/mol. The highest BCUT2D eigenvalue weighted by atomic mass is 35.5. The fourth-order valence-electron chi connectivity index (χ4n) is 3.08. The molecule has 0 aliphatic heterocycles. The zero-order chi connectivity index (χ0) is 14.2. The molecule has 0 saturated heterocycles. The Morgan fingerprint density at radius 2 is 2.05 bits per heavy atom. The van der Waals surface area contributed by atoms with Gasteiger partial charge in [0.25, 0.3) is 0 Å². The van der Waals surface area contributed by atoms with Crippen molar-refractivity contribution in [1.82, 2.24) is 0 Å². The number of hydrogen-bond acceptors (Lipinski definition) is 3. The van der Waals surface area contributed by atoms with Crippen LogP contribution in [0, 0.1) is 0 Å². The van der Waals surface area contributed by atoms with Crippen LogP contribution in [0.5, 0.6) is 11.5 Å². The zero-order valence-electron chi connectivity index (χ0n) is 12.0. The van der Waals surface area contributed by atoms with Gasteiger partial charge in [0.15, 0.2) is 11.5 Å². The van der Waals surface area contributed by atoms with Gasteiger partial charge in [-0.3, -0.25) is 0 Å². The van der Waals surface area contributed by atoms with Gasteiger partial charge < -0.3 is 15.2 Å². The van der Waals surface area contributed by atoms with E-state index in [1.54, 1.807) is 7.11 Å². The molecular weight excluding hydrogens is 274 g/mol. The lowest BCUT2D eigenvalue weighted by Crippen LogP contribution is -2.42. The maximum Gasteiger partial charge on any atom is 0.165 e. The van der Waals surface area contributed by atoms with E-state index >= 15 is 0 Å². The number of methoxy groups -OCH3 is 1. The smallest absolute Gasteiger partial charge is 0.165 e. The van der Waals surface area contributed by atoms with Gasteiger partial charge in [0.2, 0.25) is 0 Å². The average Bonchev–Trinajstić information content (AvgIpc) is 2.34. The summed E-state index contributed by atoms with van der Waals surface area (Å²) in [7, 11) is 1.67. The van der Waals surface area contributed by atoms with Crippen LogP contribution < -0.4 is 15.2 Å². The molecule has 2 saturated carbocycles. The molecule has 1 aromatic rings. The molecule has 0 aromatic heterocycles. The Kier molecular flexibility index (Phi) is 3.83. The maximum absolute atomic E-state index is 6.25. The standard InChI is InChI=1S/C16H22ClNO2/c1-19-14-9-11(17)8-13(16(10-18)6-3-7-16)15(14)20-12-4-2-5-12/h8-9,12H,2-7,10,18H2,1H3. The van der Waals surface area contributed by atoms with Crippen molar-refractivity contribution < 1.29 is 9.47 Å². The van der Waals surface area contributed by atoms with Crippen molar-refractivity contribution in [2.24, 2.45) is 5.73 Å². The van der Waals surface area contributed by atoms with Crippen molar-refractivity contribution in [1.29, 1.82) is 0 Å². The maximum atomic E-state index is 6.25. The molecule has 1 aromatic carbocycles. The second-order valence-corrected chi connectivity index (χ2v) is 6.43. The predicted octanol–water partition coefficient (Wildman–Crippen LogP) is 3.66. The van der Waals surface area contributed by atoms with Crippen LogP contribution in [0.25, 0.3) is 0 Å². The molecule has 2 fully saturated rings. The Labute approximate surface area is 125 Å². The molecule has 0 radical (unpaired) electrons. The monoisotopic (exact) mass is 295 g/mol. The van der Waals surface area contributed by atoms with Gasteiger partial charge in [0.1, 0.15) is 0 Å². The molecule has 110 valence electrons. The van der Waals surface area contributed by atoms with Gasteiger partial charge in [-0.1, -0.05) is 18.0 Å². The molecule has 2 aliphatic rings. The Morgan fingerprint density at radius 1 is 1.30 bits per heavy atom. The van der Waals surface area contributed by atoms with E-state index < -0.39 is 0 Å². The highest BCUT2D eigenvalue weighted by Crippen LogP contribution is 2.50. The van der Waals surface area contributed by atoms with E-state index in [2.05, 4.69) is 0 Å². The molecule has 0 heterocycles. The minimum Gasteiger partial charge on any atom is -0.493 e. The molecule has 20 heavy (non-hydrogen) atoms. The topological polar surface area (TPSA) is 44.5 Å². The van der Waals surface area contributed by atoms with E-state index in [-0.39, 0.29) is 5.41 Å². The Balaban J connectivity index is 2.02. The molecule has 0 atom stereocenters. The third kappa shape index (κ3) is 2.27. The fourth-order valence-corrected chi connectivity index (χ4v) is 3.29. The van der Waals surface area contributed by atoms with Crippen molar-refractivity contribution in [3.63, 3.8) is 0 Å². The van der Waals surface area contributed by atoms with Gasteiger partial charge in [-0.25, -0.2) is 0 Å². The van der Waals surface area contributed by atoms with Gasteiger partial charge in [0.05, 0.1) is 13.2 Å². The number of hydrogen-bond donors (Lipinski definition) is 1. The van der Waals surface area contributed by atoms with Gasteiger partial charge >= 0.3 is 0 Å². The van der Waals surface area contributed by atoms with Crippen molar-refractivity contribution in [2.45, 2.75) is 50.0 Å². The van der Waals surface area contributed by atoms with Crippen LogP contribution in [-0.4, -0.2) is 19.8 Å². The van der Waals surface area contributed by atoms with Gasteiger partial charge in [-0.2, -0.15) is 0 Å². The summed E-state index contributed by atoms with van der Waals surface area (Å²) in [5.74, 6) is 1.60. The fraction of sp³-hybridized carbons (Fsp3) is 0.625. The summed E-state index contributed by atoms with van der Waals surface area (Å²) in [4.78, 5) is 0. The van der Waals surface area contributed by atoms with Crippen molar-refractivity contribution in [3.8, 4) is 11.5 Å². The largest absolute Gasteiger partial charge is 0.493 e. The number of ether oxygens (including phenoxy) is 2. The molecule has 0 amide bonds. The highest BCUT2D eigenvalue weighted by molar-refractivity contribution is 6.30. The molecular formula is C16H22ClNO2. The Hall–Kier alpha value is -0.930. The first-order chi connectivity index (χ1) is 9.68. The molecule has 2 N–H and O–H groups in total. The molecule has 4 heteroatoms. The van der Waals surface area contributed by atoms with E-state index in [0.717, 1.165) is 42.7 Å². The van der Waals surface area contributed by atoms with Crippen molar-refractivity contribution >= 4 is 11.6 Å². The van der Waals surface area contributed by atoms with Gasteiger partial charge in [-0.05, 0) is 38.2 Å². The van der Waals surface area contributed by atoms with Crippen LogP contribution in [0.3, 0.4) is 0 Å². The van der Waals surface area contributed by atoms with E-state index in [9.17, 15) is 0 Å². The summed E-state index contributed by atoms with van der Waals surface area (Å²) < 4.78 is 11.7. The van der Waals surface area contributed by atoms with Crippen molar-refractivity contribution in [2.75, 3.05) is 13.7 Å². The molecule has 2 aliphatic carbocycles. The van der Waals surface area contributed by atoms with Gasteiger partial charge in [-0.15, -0.1) is 0 Å². The SMILES string of the molecule is COc1cc(Cl)cc(C2(CN)CCC2)c1OC1CCC1. The van der Waals surface area contributed by atoms with E-state index in [4.69, 9.17) is 26.8 Å². The summed E-state index contributed by atoms with van der Waals surface area (Å²) in [6.45, 7) is 0.636. The number of nitrogens with two attached hydrogens (primary N) is 1. The summed E-state index contributed by atoms with van der Waals surface area (Å²) >= 11 is 6.25. The molecule has 0 bridgehead atoms. The molecule has 0 spiro atoms. The minimum absolute atomic E-state index is 0.0251. The number of halogens is 1. The normalized spacial score (nSPS) is 20.9. The summed E-state index contributed by atoms with van der Waals surface area (Å²) in [6, 6.07) is 3.85. The Bertz CT molecular complexity index is 490. The lowest BCUT2D eigenvalue weighted by atomic mass is 9.64. The molecule has 0 unspecified atom stereocenters. The third-order valence-electron chi connectivity index (χ3n) is 4.85. The second-order valence-electron chi connectivity index (χ2n) is 5.99. The molecule has 3 nitrogen and oxygen atoms in total. The van der Waals surface area contributed by atoms with Crippen LogP contribution in [0.4, 0.5) is 0 Å². The van der Waals surface area contributed by atoms with E-state index in [1.807, 2.05) is 12.1 Å². The zero-order valence-corrected chi connectivity index (χ0v) is 12.7. The van der Waals surface area contributed by atoms with E-state index in [0.29, 0.717) is 17.7 Å². The third-order valence-corrected chi connectivity index (χ3v) is 5.07. The van der Waals surface area contributed by atoms with Crippen LogP contribution in [-0.2, 0) is 5.41 Å². The van der Waals surface area contributed by atoms with Crippen molar-refractivity contribution in [3.05, 3.63) is 22.7 Å². The molecule has 3 rings (SSSR count). The second kappa shape index (κ2) is 5.45. The minimum atomic E-state index is 0.0251. The Morgan fingerprint density at radius 3 is 2.50 bits per heavy atom. The lowest BCUT2D eigenvalue weighted by Gasteiger charge is -2.43.